The Morgan fingerprint density at radius 2 is 2.26 bits per heavy atom. The van der Waals surface area contributed by atoms with E-state index >= 15 is 0 Å². The summed E-state index contributed by atoms with van der Waals surface area (Å²) in [6.45, 7) is 6.93. The Morgan fingerprint density at radius 3 is 2.95 bits per heavy atom. The van der Waals surface area contributed by atoms with E-state index in [4.69, 9.17) is 0 Å². The van der Waals surface area contributed by atoms with Crippen LogP contribution in [-0.4, -0.2) is 20.1 Å². The molecular formula is C16H25BrN2. The van der Waals surface area contributed by atoms with E-state index in [-0.39, 0.29) is 0 Å². The highest BCUT2D eigenvalue weighted by molar-refractivity contribution is 9.10. The maximum Gasteiger partial charge on any atom is 0.0426 e. The SMILES string of the molecule is CCCC1CCN(c2cc(Br)ccc2C(C)NC)C1. The van der Waals surface area contributed by atoms with Crippen LogP contribution in [0.15, 0.2) is 22.7 Å². The van der Waals surface area contributed by atoms with Crippen molar-refractivity contribution in [2.75, 3.05) is 25.0 Å². The first-order valence-electron chi connectivity index (χ1n) is 7.37. The van der Waals surface area contributed by atoms with Crippen LogP contribution in [0, 0.1) is 5.92 Å². The van der Waals surface area contributed by atoms with Crippen LogP contribution in [-0.2, 0) is 0 Å². The molecule has 1 saturated heterocycles. The van der Waals surface area contributed by atoms with E-state index in [1.54, 1.807) is 0 Å². The molecule has 0 radical (unpaired) electrons. The summed E-state index contributed by atoms with van der Waals surface area (Å²) in [5, 5.41) is 3.36. The van der Waals surface area contributed by atoms with E-state index in [2.05, 4.69) is 58.2 Å². The molecule has 0 saturated carbocycles. The highest BCUT2D eigenvalue weighted by Gasteiger charge is 2.24. The van der Waals surface area contributed by atoms with Crippen LogP contribution in [0.2, 0.25) is 0 Å². The Kier molecular flexibility index (Phi) is 5.28. The zero-order valence-electron chi connectivity index (χ0n) is 12.2. The highest BCUT2D eigenvalue weighted by atomic mass is 79.9. The summed E-state index contributed by atoms with van der Waals surface area (Å²) in [6, 6.07) is 7.06. The molecule has 0 aliphatic carbocycles. The summed E-state index contributed by atoms with van der Waals surface area (Å²) in [6.07, 6.45) is 4.01. The van der Waals surface area contributed by atoms with Crippen molar-refractivity contribution in [3.63, 3.8) is 0 Å². The number of rotatable bonds is 5. The van der Waals surface area contributed by atoms with E-state index < -0.39 is 0 Å². The molecule has 0 spiro atoms. The van der Waals surface area contributed by atoms with Crippen LogP contribution >= 0.6 is 15.9 Å². The minimum atomic E-state index is 0.397. The smallest absolute Gasteiger partial charge is 0.0426 e. The van der Waals surface area contributed by atoms with Crippen molar-refractivity contribution < 1.29 is 0 Å². The van der Waals surface area contributed by atoms with Crippen LogP contribution in [0.1, 0.15) is 44.7 Å². The summed E-state index contributed by atoms with van der Waals surface area (Å²) >= 11 is 3.61. The minimum absolute atomic E-state index is 0.397. The van der Waals surface area contributed by atoms with Gasteiger partial charge >= 0.3 is 0 Å². The monoisotopic (exact) mass is 324 g/mol. The maximum absolute atomic E-state index is 3.61. The first-order chi connectivity index (χ1) is 9.15. The third-order valence-corrected chi connectivity index (χ3v) is 4.71. The lowest BCUT2D eigenvalue weighted by atomic mass is 10.0. The predicted molar refractivity (Wildman–Crippen MR) is 86.8 cm³/mol. The van der Waals surface area contributed by atoms with Crippen molar-refractivity contribution in [2.45, 2.75) is 39.2 Å². The Labute approximate surface area is 125 Å². The van der Waals surface area contributed by atoms with E-state index in [1.165, 1.54) is 48.1 Å². The number of nitrogens with one attached hydrogen (secondary N) is 1. The van der Waals surface area contributed by atoms with Gasteiger partial charge in [0.25, 0.3) is 0 Å². The fourth-order valence-corrected chi connectivity index (χ4v) is 3.36. The molecule has 1 aromatic carbocycles. The number of hydrogen-bond acceptors (Lipinski definition) is 2. The number of hydrogen-bond donors (Lipinski definition) is 1. The van der Waals surface area contributed by atoms with Gasteiger partial charge in [-0.05, 0) is 50.4 Å². The van der Waals surface area contributed by atoms with Crippen molar-refractivity contribution in [3.05, 3.63) is 28.2 Å². The molecule has 1 aliphatic rings. The molecule has 19 heavy (non-hydrogen) atoms. The molecule has 0 aromatic heterocycles. The molecule has 2 atom stereocenters. The normalized spacial score (nSPS) is 20.8. The summed E-state index contributed by atoms with van der Waals surface area (Å²) < 4.78 is 1.17. The summed E-state index contributed by atoms with van der Waals surface area (Å²) in [4.78, 5) is 2.56. The molecule has 2 rings (SSSR count). The lowest BCUT2D eigenvalue weighted by Crippen LogP contribution is -2.23. The fraction of sp³-hybridized carbons (Fsp3) is 0.625. The van der Waals surface area contributed by atoms with Gasteiger partial charge < -0.3 is 10.2 Å². The van der Waals surface area contributed by atoms with Crippen molar-refractivity contribution in [3.8, 4) is 0 Å². The van der Waals surface area contributed by atoms with E-state index in [0.29, 0.717) is 6.04 Å². The van der Waals surface area contributed by atoms with Gasteiger partial charge in [0.1, 0.15) is 0 Å². The van der Waals surface area contributed by atoms with Gasteiger partial charge in [-0.25, -0.2) is 0 Å². The van der Waals surface area contributed by atoms with Gasteiger partial charge in [0.05, 0.1) is 0 Å². The third kappa shape index (κ3) is 3.51. The van der Waals surface area contributed by atoms with E-state index in [1.807, 2.05) is 7.05 Å². The Hall–Kier alpha value is -0.540. The van der Waals surface area contributed by atoms with Crippen LogP contribution in [0.4, 0.5) is 5.69 Å². The van der Waals surface area contributed by atoms with E-state index in [0.717, 1.165) is 5.92 Å². The fourth-order valence-electron chi connectivity index (χ4n) is 3.01. The average Bonchev–Trinajstić information content (AvgIpc) is 2.87. The Morgan fingerprint density at radius 1 is 1.47 bits per heavy atom. The quantitative estimate of drug-likeness (QED) is 0.865. The van der Waals surface area contributed by atoms with Gasteiger partial charge in [-0.2, -0.15) is 0 Å². The second-order valence-electron chi connectivity index (χ2n) is 5.60. The molecule has 1 fully saturated rings. The van der Waals surface area contributed by atoms with Gasteiger partial charge in [-0.1, -0.05) is 35.3 Å². The molecule has 2 nitrogen and oxygen atoms in total. The lowest BCUT2D eigenvalue weighted by Gasteiger charge is -2.25. The Bertz CT molecular complexity index is 419. The molecule has 106 valence electrons. The zero-order chi connectivity index (χ0) is 13.8. The lowest BCUT2D eigenvalue weighted by molar-refractivity contribution is 0.529. The van der Waals surface area contributed by atoms with E-state index in [9.17, 15) is 0 Å². The molecular weight excluding hydrogens is 300 g/mol. The van der Waals surface area contributed by atoms with Crippen molar-refractivity contribution in [1.29, 1.82) is 0 Å². The average molecular weight is 325 g/mol. The molecule has 0 bridgehead atoms. The van der Waals surface area contributed by atoms with Gasteiger partial charge in [0.15, 0.2) is 0 Å². The molecule has 2 unspecified atom stereocenters. The maximum atomic E-state index is 3.61. The largest absolute Gasteiger partial charge is 0.371 e. The summed E-state index contributed by atoms with van der Waals surface area (Å²) in [7, 11) is 2.03. The zero-order valence-corrected chi connectivity index (χ0v) is 13.8. The third-order valence-electron chi connectivity index (χ3n) is 4.22. The van der Waals surface area contributed by atoms with Crippen LogP contribution in [0.25, 0.3) is 0 Å². The topological polar surface area (TPSA) is 15.3 Å². The van der Waals surface area contributed by atoms with Gasteiger partial charge in [-0.15, -0.1) is 0 Å². The van der Waals surface area contributed by atoms with Gasteiger partial charge in [0.2, 0.25) is 0 Å². The van der Waals surface area contributed by atoms with Crippen molar-refractivity contribution in [2.24, 2.45) is 5.92 Å². The van der Waals surface area contributed by atoms with Crippen LogP contribution in [0.3, 0.4) is 0 Å². The number of benzene rings is 1. The number of nitrogens with zero attached hydrogens (tertiary/aromatic N) is 1. The van der Waals surface area contributed by atoms with Crippen molar-refractivity contribution in [1.82, 2.24) is 5.32 Å². The summed E-state index contributed by atoms with van der Waals surface area (Å²) in [5.41, 5.74) is 2.80. The van der Waals surface area contributed by atoms with Gasteiger partial charge in [0, 0.05) is 29.3 Å². The molecule has 1 heterocycles. The minimum Gasteiger partial charge on any atom is -0.371 e. The molecule has 1 aliphatic heterocycles. The first-order valence-corrected chi connectivity index (χ1v) is 8.16. The standard InChI is InChI=1S/C16H25BrN2/c1-4-5-13-8-9-19(11-13)16-10-14(17)6-7-15(16)12(2)18-3/h6-7,10,12-13,18H,4-5,8-9,11H2,1-3H3. The number of anilines is 1. The molecule has 1 N–H and O–H groups in total. The highest BCUT2D eigenvalue weighted by Crippen LogP contribution is 2.34. The number of halogens is 1. The molecule has 3 heteroatoms. The molecule has 1 aromatic rings. The first kappa shape index (κ1) is 14.9. The van der Waals surface area contributed by atoms with Gasteiger partial charge in [-0.3, -0.25) is 0 Å². The molecule has 0 amide bonds. The van der Waals surface area contributed by atoms with Crippen LogP contribution < -0.4 is 10.2 Å². The van der Waals surface area contributed by atoms with Crippen molar-refractivity contribution >= 4 is 21.6 Å². The summed E-state index contributed by atoms with van der Waals surface area (Å²) in [5.74, 6) is 0.877. The second kappa shape index (κ2) is 6.76. The second-order valence-corrected chi connectivity index (χ2v) is 6.52. The van der Waals surface area contributed by atoms with Crippen LogP contribution in [0.5, 0.6) is 0 Å². The Balaban J connectivity index is 2.21. The predicted octanol–water partition coefficient (Wildman–Crippen LogP) is 4.36.